The number of nitrogens with zero attached hydrogens (tertiary/aromatic N) is 2. The van der Waals surface area contributed by atoms with E-state index in [1.807, 2.05) is 0 Å². The Labute approximate surface area is 115 Å². The van der Waals surface area contributed by atoms with Crippen molar-refractivity contribution < 1.29 is 9.84 Å². The molecule has 0 saturated carbocycles. The van der Waals surface area contributed by atoms with Gasteiger partial charge in [-0.2, -0.15) is 5.26 Å². The van der Waals surface area contributed by atoms with Crippen molar-refractivity contribution in [1.29, 1.82) is 5.26 Å². The van der Waals surface area contributed by atoms with Crippen molar-refractivity contribution >= 4 is 11.6 Å². The number of pyridine rings is 1. The first kappa shape index (κ1) is 13.3. The molecule has 2 aromatic rings. The third-order valence-electron chi connectivity index (χ3n) is 2.69. The summed E-state index contributed by atoms with van der Waals surface area (Å²) in [6.45, 7) is -0.236. The van der Waals surface area contributed by atoms with E-state index in [1.165, 1.54) is 7.11 Å². The van der Waals surface area contributed by atoms with Gasteiger partial charge in [-0.05, 0) is 24.3 Å². The molecule has 1 N–H and O–H groups in total. The molecule has 0 saturated heterocycles. The van der Waals surface area contributed by atoms with Crippen LogP contribution in [-0.2, 0) is 6.61 Å². The summed E-state index contributed by atoms with van der Waals surface area (Å²) in [4.78, 5) is 4.17. The minimum atomic E-state index is -0.236. The molecule has 0 amide bonds. The quantitative estimate of drug-likeness (QED) is 0.935. The molecule has 96 valence electrons. The summed E-state index contributed by atoms with van der Waals surface area (Å²) in [5.74, 6) is 0.417. The molecule has 1 aromatic heterocycles. The fourth-order valence-electron chi connectivity index (χ4n) is 1.76. The Balaban J connectivity index is 2.61. The predicted octanol–water partition coefficient (Wildman–Crippen LogP) is 2.77. The second-order valence-corrected chi connectivity index (χ2v) is 4.22. The maximum atomic E-state index is 9.39. The number of hydrogen-bond acceptors (Lipinski definition) is 4. The zero-order valence-electron chi connectivity index (χ0n) is 10.2. The van der Waals surface area contributed by atoms with E-state index >= 15 is 0 Å². The fraction of sp³-hybridized carbons (Fsp3) is 0.143. The maximum Gasteiger partial charge on any atom is 0.213 e. The summed E-state index contributed by atoms with van der Waals surface area (Å²) in [5.41, 5.74) is 2.31. The van der Waals surface area contributed by atoms with Crippen LogP contribution in [0.25, 0.3) is 11.1 Å². The standard InChI is InChI=1S/C14H11ClN2O2/c1-19-14-5-3-10(13(8-18)17-14)11-6-9(7-16)2-4-12(11)15/h2-6,18H,8H2,1H3. The van der Waals surface area contributed by atoms with Crippen LogP contribution in [0.3, 0.4) is 0 Å². The molecule has 0 aliphatic carbocycles. The molecule has 5 heteroatoms. The molecule has 0 fully saturated rings. The van der Waals surface area contributed by atoms with Gasteiger partial charge in [0, 0.05) is 22.2 Å². The Hall–Kier alpha value is -2.09. The zero-order valence-corrected chi connectivity index (χ0v) is 11.0. The van der Waals surface area contributed by atoms with Crippen molar-refractivity contribution in [2.24, 2.45) is 0 Å². The summed E-state index contributed by atoms with van der Waals surface area (Å²) in [7, 11) is 1.51. The molecule has 1 heterocycles. The summed E-state index contributed by atoms with van der Waals surface area (Å²) in [6, 6.07) is 10.5. The van der Waals surface area contributed by atoms with Crippen LogP contribution in [0.2, 0.25) is 5.02 Å². The first-order valence-electron chi connectivity index (χ1n) is 5.54. The number of aliphatic hydroxyl groups excluding tert-OH is 1. The van der Waals surface area contributed by atoms with Gasteiger partial charge in [-0.25, -0.2) is 4.98 Å². The molecule has 0 bridgehead atoms. The van der Waals surface area contributed by atoms with Crippen molar-refractivity contribution in [3.63, 3.8) is 0 Å². The van der Waals surface area contributed by atoms with Crippen molar-refractivity contribution in [2.45, 2.75) is 6.61 Å². The predicted molar refractivity (Wildman–Crippen MR) is 71.9 cm³/mol. The number of methoxy groups -OCH3 is 1. The van der Waals surface area contributed by atoms with E-state index in [0.29, 0.717) is 33.3 Å². The van der Waals surface area contributed by atoms with Crippen molar-refractivity contribution in [1.82, 2.24) is 4.98 Å². The molecule has 0 unspecified atom stereocenters. The molecule has 0 atom stereocenters. The van der Waals surface area contributed by atoms with E-state index in [0.717, 1.165) is 0 Å². The van der Waals surface area contributed by atoms with Crippen LogP contribution in [0.1, 0.15) is 11.3 Å². The number of benzene rings is 1. The minimum absolute atomic E-state index is 0.236. The zero-order chi connectivity index (χ0) is 13.8. The van der Waals surface area contributed by atoms with Gasteiger partial charge in [-0.1, -0.05) is 11.6 Å². The molecule has 1 aromatic carbocycles. The lowest BCUT2D eigenvalue weighted by atomic mass is 10.0. The van der Waals surface area contributed by atoms with Crippen LogP contribution < -0.4 is 4.74 Å². The lowest BCUT2D eigenvalue weighted by Gasteiger charge is -2.10. The third kappa shape index (κ3) is 2.68. The molecule has 0 radical (unpaired) electrons. The van der Waals surface area contributed by atoms with Gasteiger partial charge >= 0.3 is 0 Å². The Kier molecular flexibility index (Phi) is 4.00. The second kappa shape index (κ2) is 5.70. The summed E-state index contributed by atoms with van der Waals surface area (Å²) < 4.78 is 5.02. The molecule has 0 aliphatic heterocycles. The van der Waals surface area contributed by atoms with Crippen LogP contribution in [-0.4, -0.2) is 17.2 Å². The van der Waals surface area contributed by atoms with Gasteiger partial charge in [-0.3, -0.25) is 0 Å². The lowest BCUT2D eigenvalue weighted by molar-refractivity contribution is 0.275. The molecule has 0 spiro atoms. The van der Waals surface area contributed by atoms with Crippen LogP contribution >= 0.6 is 11.6 Å². The van der Waals surface area contributed by atoms with Gasteiger partial charge in [0.15, 0.2) is 0 Å². The Morgan fingerprint density at radius 2 is 2.11 bits per heavy atom. The first-order chi connectivity index (χ1) is 9.19. The number of hydrogen-bond donors (Lipinski definition) is 1. The monoisotopic (exact) mass is 274 g/mol. The highest BCUT2D eigenvalue weighted by atomic mass is 35.5. The molecule has 19 heavy (non-hydrogen) atoms. The number of aliphatic hydroxyl groups is 1. The van der Waals surface area contributed by atoms with E-state index < -0.39 is 0 Å². The summed E-state index contributed by atoms with van der Waals surface area (Å²) in [6.07, 6.45) is 0. The summed E-state index contributed by atoms with van der Waals surface area (Å²) >= 11 is 6.14. The first-order valence-corrected chi connectivity index (χ1v) is 5.92. The minimum Gasteiger partial charge on any atom is -0.481 e. The SMILES string of the molecule is COc1ccc(-c2cc(C#N)ccc2Cl)c(CO)n1. The Morgan fingerprint density at radius 1 is 1.32 bits per heavy atom. The third-order valence-corrected chi connectivity index (χ3v) is 3.02. The van der Waals surface area contributed by atoms with Crippen LogP contribution in [0, 0.1) is 11.3 Å². The van der Waals surface area contributed by atoms with E-state index in [1.54, 1.807) is 30.3 Å². The van der Waals surface area contributed by atoms with Crippen molar-refractivity contribution in [3.8, 4) is 23.1 Å². The highest BCUT2D eigenvalue weighted by molar-refractivity contribution is 6.33. The van der Waals surface area contributed by atoms with E-state index in [4.69, 9.17) is 21.6 Å². The smallest absolute Gasteiger partial charge is 0.213 e. The summed E-state index contributed by atoms with van der Waals surface area (Å²) in [5, 5.41) is 18.8. The van der Waals surface area contributed by atoms with Crippen LogP contribution in [0.15, 0.2) is 30.3 Å². The van der Waals surface area contributed by atoms with Gasteiger partial charge in [0.05, 0.1) is 31.0 Å². The van der Waals surface area contributed by atoms with Gasteiger partial charge in [0.1, 0.15) is 0 Å². The average Bonchev–Trinajstić information content (AvgIpc) is 2.47. The molecular weight excluding hydrogens is 264 g/mol. The number of rotatable bonds is 3. The van der Waals surface area contributed by atoms with Crippen LogP contribution in [0.5, 0.6) is 5.88 Å². The topological polar surface area (TPSA) is 66.1 Å². The number of halogens is 1. The van der Waals surface area contributed by atoms with Crippen LogP contribution in [0.4, 0.5) is 0 Å². The Morgan fingerprint density at radius 3 is 2.74 bits per heavy atom. The number of nitriles is 1. The van der Waals surface area contributed by atoms with Gasteiger partial charge in [0.2, 0.25) is 5.88 Å². The molecular formula is C14H11ClN2O2. The van der Waals surface area contributed by atoms with Crippen molar-refractivity contribution in [3.05, 3.63) is 46.6 Å². The highest BCUT2D eigenvalue weighted by Gasteiger charge is 2.11. The molecule has 4 nitrogen and oxygen atoms in total. The average molecular weight is 275 g/mol. The van der Waals surface area contributed by atoms with Gasteiger partial charge in [0.25, 0.3) is 0 Å². The Bertz CT molecular complexity index is 650. The largest absolute Gasteiger partial charge is 0.481 e. The molecule has 2 rings (SSSR count). The van der Waals surface area contributed by atoms with Gasteiger partial charge < -0.3 is 9.84 Å². The van der Waals surface area contributed by atoms with E-state index in [-0.39, 0.29) is 6.61 Å². The number of aromatic nitrogens is 1. The molecule has 0 aliphatic rings. The lowest BCUT2D eigenvalue weighted by Crippen LogP contribution is -1.97. The normalized spacial score (nSPS) is 10.0. The van der Waals surface area contributed by atoms with Crippen molar-refractivity contribution in [2.75, 3.05) is 7.11 Å². The van der Waals surface area contributed by atoms with E-state index in [9.17, 15) is 5.11 Å². The van der Waals surface area contributed by atoms with Gasteiger partial charge in [-0.15, -0.1) is 0 Å². The van der Waals surface area contributed by atoms with E-state index in [2.05, 4.69) is 11.1 Å². The highest BCUT2D eigenvalue weighted by Crippen LogP contribution is 2.31. The second-order valence-electron chi connectivity index (χ2n) is 3.81. The fourth-order valence-corrected chi connectivity index (χ4v) is 1.98. The number of ether oxygens (including phenoxy) is 1. The maximum absolute atomic E-state index is 9.39.